The number of H-pyrrole nitrogens is 1. The minimum absolute atomic E-state index is 0.0567. The minimum atomic E-state index is -0.0567. The lowest BCUT2D eigenvalue weighted by Gasteiger charge is -2.20. The van der Waals surface area contributed by atoms with Gasteiger partial charge in [-0.25, -0.2) is 0 Å². The molecule has 1 unspecified atom stereocenters. The molecule has 0 saturated heterocycles. The highest BCUT2D eigenvalue weighted by molar-refractivity contribution is 5.86. The third-order valence-electron chi connectivity index (χ3n) is 4.22. The van der Waals surface area contributed by atoms with Gasteiger partial charge in [0, 0.05) is 47.5 Å². The lowest BCUT2D eigenvalue weighted by atomic mass is 9.99. The van der Waals surface area contributed by atoms with Gasteiger partial charge in [0.05, 0.1) is 18.8 Å². The molecule has 0 aliphatic heterocycles. The van der Waals surface area contributed by atoms with E-state index in [1.807, 2.05) is 48.9 Å². The number of aromatic nitrogens is 3. The highest BCUT2D eigenvalue weighted by Crippen LogP contribution is 2.33. The van der Waals surface area contributed by atoms with Gasteiger partial charge in [-0.3, -0.25) is 9.97 Å². The Kier molecular flexibility index (Phi) is 4.04. The van der Waals surface area contributed by atoms with E-state index >= 15 is 0 Å². The number of benzene rings is 1. The van der Waals surface area contributed by atoms with Crippen molar-refractivity contribution >= 4 is 16.6 Å². The van der Waals surface area contributed by atoms with E-state index in [9.17, 15) is 0 Å². The molecule has 3 aromatic heterocycles. The second-order valence-electron chi connectivity index (χ2n) is 5.76. The molecule has 0 amide bonds. The second-order valence-corrected chi connectivity index (χ2v) is 5.76. The third-order valence-corrected chi connectivity index (χ3v) is 4.22. The maximum atomic E-state index is 5.39. The van der Waals surface area contributed by atoms with Crippen LogP contribution >= 0.6 is 0 Å². The number of anilines is 1. The summed E-state index contributed by atoms with van der Waals surface area (Å²) in [6.45, 7) is 0. The van der Waals surface area contributed by atoms with Gasteiger partial charge in [0.25, 0.3) is 0 Å². The highest BCUT2D eigenvalue weighted by atomic mass is 16.5. The molecule has 5 nitrogen and oxygen atoms in total. The maximum Gasteiger partial charge on any atom is 0.119 e. The Bertz CT molecular complexity index is 967. The van der Waals surface area contributed by atoms with E-state index in [-0.39, 0.29) is 6.04 Å². The molecule has 4 rings (SSSR count). The van der Waals surface area contributed by atoms with Gasteiger partial charge in [0.1, 0.15) is 5.75 Å². The molecule has 0 bridgehead atoms. The molecular weight excluding hydrogens is 312 g/mol. The van der Waals surface area contributed by atoms with Crippen LogP contribution in [0.2, 0.25) is 0 Å². The lowest BCUT2D eigenvalue weighted by molar-refractivity contribution is 0.415. The van der Waals surface area contributed by atoms with Gasteiger partial charge in [0.2, 0.25) is 0 Å². The van der Waals surface area contributed by atoms with Crippen LogP contribution in [0.4, 0.5) is 5.69 Å². The first kappa shape index (κ1) is 15.2. The summed E-state index contributed by atoms with van der Waals surface area (Å²) in [6.07, 6.45) is 9.28. The predicted molar refractivity (Wildman–Crippen MR) is 98.8 cm³/mol. The van der Waals surface area contributed by atoms with Gasteiger partial charge in [-0.15, -0.1) is 0 Å². The Labute approximate surface area is 145 Å². The van der Waals surface area contributed by atoms with E-state index in [0.29, 0.717) is 0 Å². The molecule has 124 valence electrons. The summed E-state index contributed by atoms with van der Waals surface area (Å²) in [4.78, 5) is 11.8. The van der Waals surface area contributed by atoms with Crippen LogP contribution < -0.4 is 10.1 Å². The summed E-state index contributed by atoms with van der Waals surface area (Å²) in [6, 6.07) is 13.9. The number of rotatable bonds is 5. The number of nitrogens with one attached hydrogen (secondary N) is 2. The number of pyridine rings is 2. The fourth-order valence-electron chi connectivity index (χ4n) is 2.99. The topological polar surface area (TPSA) is 62.8 Å². The zero-order chi connectivity index (χ0) is 17.1. The first-order chi connectivity index (χ1) is 12.3. The van der Waals surface area contributed by atoms with Crippen LogP contribution in [0.1, 0.15) is 17.2 Å². The van der Waals surface area contributed by atoms with Gasteiger partial charge >= 0.3 is 0 Å². The molecule has 4 aromatic rings. The smallest absolute Gasteiger partial charge is 0.119 e. The van der Waals surface area contributed by atoms with Crippen molar-refractivity contribution in [2.75, 3.05) is 12.4 Å². The molecule has 1 aromatic carbocycles. The molecule has 0 aliphatic carbocycles. The zero-order valence-corrected chi connectivity index (χ0v) is 13.8. The Hall–Kier alpha value is -3.34. The fraction of sp³-hybridized carbons (Fsp3) is 0.100. The average Bonchev–Trinajstić information content (AvgIpc) is 3.10. The molecule has 0 spiro atoms. The fourth-order valence-corrected chi connectivity index (χ4v) is 2.99. The molecule has 1 atom stereocenters. The molecular formula is C20H18N4O. The summed E-state index contributed by atoms with van der Waals surface area (Å²) in [5, 5.41) is 4.68. The van der Waals surface area contributed by atoms with Gasteiger partial charge < -0.3 is 15.0 Å². The van der Waals surface area contributed by atoms with Crippen LogP contribution in [0.15, 0.2) is 73.4 Å². The molecule has 2 N–H and O–H groups in total. The number of aromatic amines is 1. The lowest BCUT2D eigenvalue weighted by Crippen LogP contribution is -2.12. The number of ether oxygens (including phenoxy) is 1. The van der Waals surface area contributed by atoms with Crippen molar-refractivity contribution in [2.45, 2.75) is 6.04 Å². The van der Waals surface area contributed by atoms with Crippen LogP contribution in [0.25, 0.3) is 10.9 Å². The standard InChI is InChI=1S/C20H18N4O/c1-25-16-6-7-19-17(10-16)18(13-23-19)20(14-4-2-8-21-11-14)24-15-5-3-9-22-12-15/h2-13,20,23-24H,1H3. The summed E-state index contributed by atoms with van der Waals surface area (Å²) in [7, 11) is 1.68. The van der Waals surface area contributed by atoms with Crippen LogP contribution in [0.3, 0.4) is 0 Å². The van der Waals surface area contributed by atoms with Gasteiger partial charge in [0.15, 0.2) is 0 Å². The van der Waals surface area contributed by atoms with Gasteiger partial charge in [-0.05, 0) is 42.0 Å². The Morgan fingerprint density at radius 3 is 2.60 bits per heavy atom. The summed E-state index contributed by atoms with van der Waals surface area (Å²) < 4.78 is 5.39. The first-order valence-corrected chi connectivity index (χ1v) is 8.06. The predicted octanol–water partition coefficient (Wildman–Crippen LogP) is 4.17. The van der Waals surface area contributed by atoms with Crippen molar-refractivity contribution < 1.29 is 4.74 Å². The molecule has 0 aliphatic rings. The first-order valence-electron chi connectivity index (χ1n) is 8.06. The Balaban J connectivity index is 1.83. The maximum absolute atomic E-state index is 5.39. The van der Waals surface area contributed by atoms with E-state index in [1.165, 1.54) is 0 Å². The summed E-state index contributed by atoms with van der Waals surface area (Å²) in [5.74, 6) is 0.833. The number of hydrogen-bond donors (Lipinski definition) is 2. The highest BCUT2D eigenvalue weighted by Gasteiger charge is 2.19. The third kappa shape index (κ3) is 3.04. The Morgan fingerprint density at radius 2 is 1.88 bits per heavy atom. The number of methoxy groups -OCH3 is 1. The largest absolute Gasteiger partial charge is 0.497 e. The molecule has 0 fully saturated rings. The zero-order valence-electron chi connectivity index (χ0n) is 13.8. The monoisotopic (exact) mass is 330 g/mol. The van der Waals surface area contributed by atoms with Crippen molar-refractivity contribution in [3.63, 3.8) is 0 Å². The van der Waals surface area contributed by atoms with Crippen molar-refractivity contribution in [1.82, 2.24) is 15.0 Å². The normalized spacial score (nSPS) is 12.0. The van der Waals surface area contributed by atoms with Crippen molar-refractivity contribution in [3.05, 3.63) is 84.6 Å². The molecule has 0 radical (unpaired) electrons. The van der Waals surface area contributed by atoms with Crippen LogP contribution in [-0.2, 0) is 0 Å². The van der Waals surface area contributed by atoms with E-state index in [0.717, 1.165) is 33.5 Å². The molecule has 3 heterocycles. The average molecular weight is 330 g/mol. The van der Waals surface area contributed by atoms with Gasteiger partial charge in [-0.2, -0.15) is 0 Å². The van der Waals surface area contributed by atoms with Crippen LogP contribution in [-0.4, -0.2) is 22.1 Å². The SMILES string of the molecule is COc1ccc2[nH]cc(C(Nc3cccnc3)c3cccnc3)c2c1. The molecule has 0 saturated carbocycles. The van der Waals surface area contributed by atoms with E-state index in [2.05, 4.69) is 32.4 Å². The Morgan fingerprint density at radius 1 is 1.04 bits per heavy atom. The molecule has 5 heteroatoms. The number of hydrogen-bond acceptors (Lipinski definition) is 4. The van der Waals surface area contributed by atoms with Crippen molar-refractivity contribution in [3.8, 4) is 5.75 Å². The van der Waals surface area contributed by atoms with Crippen LogP contribution in [0.5, 0.6) is 5.75 Å². The number of nitrogens with zero attached hydrogens (tertiary/aromatic N) is 2. The van der Waals surface area contributed by atoms with E-state index in [1.54, 1.807) is 19.5 Å². The summed E-state index contributed by atoms with van der Waals surface area (Å²) >= 11 is 0. The van der Waals surface area contributed by atoms with E-state index < -0.39 is 0 Å². The number of fused-ring (bicyclic) bond motifs is 1. The summed E-state index contributed by atoms with van der Waals surface area (Å²) in [5.41, 5.74) is 4.23. The van der Waals surface area contributed by atoms with E-state index in [4.69, 9.17) is 4.74 Å². The quantitative estimate of drug-likeness (QED) is 0.576. The minimum Gasteiger partial charge on any atom is -0.497 e. The molecule has 25 heavy (non-hydrogen) atoms. The van der Waals surface area contributed by atoms with Crippen molar-refractivity contribution in [1.29, 1.82) is 0 Å². The van der Waals surface area contributed by atoms with Crippen LogP contribution in [0, 0.1) is 0 Å². The van der Waals surface area contributed by atoms with Crippen molar-refractivity contribution in [2.24, 2.45) is 0 Å². The second kappa shape index (κ2) is 6.65. The van der Waals surface area contributed by atoms with Gasteiger partial charge in [-0.1, -0.05) is 6.07 Å².